The van der Waals surface area contributed by atoms with Crippen molar-refractivity contribution in [3.8, 4) is 0 Å². The molecule has 0 unspecified atom stereocenters. The van der Waals surface area contributed by atoms with Crippen LogP contribution in [0.1, 0.15) is 27.1 Å². The number of hydrogen-bond donors (Lipinski definition) is 1. The van der Waals surface area contributed by atoms with Crippen molar-refractivity contribution >= 4 is 35.1 Å². The van der Waals surface area contributed by atoms with Gasteiger partial charge in [-0.3, -0.25) is 9.69 Å². The maximum Gasteiger partial charge on any atom is 0.414 e. The van der Waals surface area contributed by atoms with Crippen LogP contribution in [0.15, 0.2) is 12.1 Å². The van der Waals surface area contributed by atoms with Crippen molar-refractivity contribution < 1.29 is 24.5 Å². The maximum atomic E-state index is 14.8. The summed E-state index contributed by atoms with van der Waals surface area (Å²) in [6, 6.07) is 2.41. The number of nitrogens with zero attached hydrogens (tertiary/aromatic N) is 2. The summed E-state index contributed by atoms with van der Waals surface area (Å²) in [6.07, 6.45) is 2.16. The maximum absolute atomic E-state index is 14.8. The van der Waals surface area contributed by atoms with E-state index in [-0.39, 0.29) is 31.2 Å². The number of benzene rings is 1. The highest BCUT2D eigenvalue weighted by atomic mass is 32.2. The van der Waals surface area contributed by atoms with E-state index in [1.807, 2.05) is 0 Å². The third kappa shape index (κ3) is 4.76. The zero-order valence-corrected chi connectivity index (χ0v) is 17.0. The van der Waals surface area contributed by atoms with E-state index < -0.39 is 23.8 Å². The van der Waals surface area contributed by atoms with Crippen LogP contribution in [0.4, 0.5) is 25.0 Å². The fourth-order valence-electron chi connectivity index (χ4n) is 3.71. The minimum Gasteiger partial charge on any atom is -0.444 e. The van der Waals surface area contributed by atoms with Gasteiger partial charge in [-0.25, -0.2) is 13.6 Å². The Morgan fingerprint density at radius 2 is 2.00 bits per heavy atom. The predicted molar refractivity (Wildman–Crippen MR) is 111 cm³/mol. The van der Waals surface area contributed by atoms with Crippen LogP contribution in [-0.2, 0) is 9.53 Å². The number of nitrogens with one attached hydrogen (secondary N) is 1. The lowest BCUT2D eigenvalue weighted by atomic mass is 10.2. The van der Waals surface area contributed by atoms with Crippen LogP contribution in [0, 0.1) is 17.6 Å². The van der Waals surface area contributed by atoms with Crippen LogP contribution in [0.3, 0.4) is 0 Å². The van der Waals surface area contributed by atoms with Crippen LogP contribution < -0.4 is 15.1 Å². The first kappa shape index (κ1) is 20.3. The number of thioether (sulfide) groups is 1. The number of hydrogen-bond acceptors (Lipinski definition) is 5. The predicted octanol–water partition coefficient (Wildman–Crippen LogP) is 3.40. The molecule has 2 amide bonds. The molecular formula is C20H27F2N3O3S. The van der Waals surface area contributed by atoms with Gasteiger partial charge in [-0.1, -0.05) is 0 Å². The number of cyclic esters (lactones) is 1. The van der Waals surface area contributed by atoms with Gasteiger partial charge in [0.05, 0.1) is 12.2 Å². The van der Waals surface area contributed by atoms with E-state index in [0.29, 0.717) is 26.1 Å². The second-order valence-electron chi connectivity index (χ2n) is 7.68. The van der Waals surface area contributed by atoms with Crippen LogP contribution in [0.2, 0.25) is 0 Å². The Labute approximate surface area is 174 Å². The summed E-state index contributed by atoms with van der Waals surface area (Å²) in [6.45, 7) is 1.82. The zero-order valence-electron chi connectivity index (χ0n) is 16.2. The van der Waals surface area contributed by atoms with Crippen molar-refractivity contribution in [1.82, 2.24) is 5.32 Å². The smallest absolute Gasteiger partial charge is 0.414 e. The van der Waals surface area contributed by atoms with E-state index in [4.69, 9.17) is 4.74 Å². The van der Waals surface area contributed by atoms with Crippen molar-refractivity contribution in [2.45, 2.75) is 31.8 Å². The lowest BCUT2D eigenvalue weighted by Crippen LogP contribution is -2.30. The fraction of sp³-hybridized carbons (Fsp3) is 0.600. The molecule has 1 N–H and O–H groups in total. The van der Waals surface area contributed by atoms with Crippen molar-refractivity contribution in [1.29, 1.82) is 0 Å². The highest BCUT2D eigenvalue weighted by Gasteiger charge is 2.34. The van der Waals surface area contributed by atoms with E-state index in [0.717, 1.165) is 30.8 Å². The van der Waals surface area contributed by atoms with E-state index >= 15 is 0 Å². The van der Waals surface area contributed by atoms with Gasteiger partial charge in [0, 0.05) is 51.3 Å². The molecule has 0 aromatic heterocycles. The van der Waals surface area contributed by atoms with Crippen LogP contribution in [0.5, 0.6) is 0 Å². The standard InChI is InChI=1S/C20H25F2N3O3S.H2/c21-16-10-14(11-17(22)18(16)24-6-1-8-29-9-7-24)25-12-15(28-20(25)27)4-5-23-19(26)13-2-3-13;/h10-11,13,15H,1-9,12H2,(H,23,26);1H/t15-;/m0./s1. The Morgan fingerprint density at radius 1 is 1.24 bits per heavy atom. The Bertz CT molecular complexity index is 766. The molecule has 0 spiro atoms. The van der Waals surface area contributed by atoms with Crippen LogP contribution in [-0.4, -0.2) is 55.8 Å². The number of anilines is 2. The molecule has 4 rings (SSSR count). The van der Waals surface area contributed by atoms with Gasteiger partial charge in [-0.05, 0) is 25.0 Å². The van der Waals surface area contributed by atoms with E-state index in [2.05, 4.69) is 5.32 Å². The molecule has 29 heavy (non-hydrogen) atoms. The highest BCUT2D eigenvalue weighted by Crippen LogP contribution is 2.32. The minimum atomic E-state index is -0.667. The summed E-state index contributed by atoms with van der Waals surface area (Å²) in [5, 5.41) is 2.83. The lowest BCUT2D eigenvalue weighted by Gasteiger charge is -2.24. The molecule has 1 aromatic rings. The van der Waals surface area contributed by atoms with E-state index in [1.54, 1.807) is 16.7 Å². The number of ether oxygens (including phenoxy) is 1. The molecule has 0 radical (unpaired) electrons. The molecule has 2 heterocycles. The summed E-state index contributed by atoms with van der Waals surface area (Å²) >= 11 is 1.78. The SMILES string of the molecule is O=C(NCC[C@H]1CN(c2cc(F)c(N3CCCSCC3)c(F)c2)C(=O)O1)C1CC1.[HH]. The van der Waals surface area contributed by atoms with Gasteiger partial charge in [-0.15, -0.1) is 0 Å². The summed E-state index contributed by atoms with van der Waals surface area (Å²) in [7, 11) is 0. The summed E-state index contributed by atoms with van der Waals surface area (Å²) < 4.78 is 34.8. The highest BCUT2D eigenvalue weighted by molar-refractivity contribution is 7.99. The molecule has 3 aliphatic rings. The molecule has 6 nitrogen and oxygen atoms in total. The average molecular weight is 428 g/mol. The summed E-state index contributed by atoms with van der Waals surface area (Å²) in [4.78, 5) is 26.9. The van der Waals surface area contributed by atoms with Gasteiger partial charge >= 0.3 is 6.09 Å². The monoisotopic (exact) mass is 427 g/mol. The molecule has 0 bridgehead atoms. The normalized spacial score (nSPS) is 22.4. The number of halogens is 2. The van der Waals surface area contributed by atoms with Gasteiger partial charge < -0.3 is 15.0 Å². The van der Waals surface area contributed by atoms with Crippen molar-refractivity contribution in [2.75, 3.05) is 47.5 Å². The first-order chi connectivity index (χ1) is 14.0. The van der Waals surface area contributed by atoms with Crippen molar-refractivity contribution in [3.63, 3.8) is 0 Å². The molecule has 1 atom stereocenters. The summed E-state index contributed by atoms with van der Waals surface area (Å²) in [5.41, 5.74) is 0.130. The third-order valence-electron chi connectivity index (χ3n) is 5.44. The molecule has 1 aliphatic carbocycles. The number of rotatable bonds is 6. The van der Waals surface area contributed by atoms with Gasteiger partial charge in [0.2, 0.25) is 5.91 Å². The fourth-order valence-corrected chi connectivity index (χ4v) is 4.60. The molecule has 2 aliphatic heterocycles. The van der Waals surface area contributed by atoms with Crippen LogP contribution >= 0.6 is 11.8 Å². The van der Waals surface area contributed by atoms with Crippen molar-refractivity contribution in [2.24, 2.45) is 5.92 Å². The lowest BCUT2D eigenvalue weighted by molar-refractivity contribution is -0.122. The molecule has 1 aromatic carbocycles. The molecule has 9 heteroatoms. The molecule has 160 valence electrons. The number of amides is 2. The van der Waals surface area contributed by atoms with E-state index in [9.17, 15) is 18.4 Å². The van der Waals surface area contributed by atoms with Gasteiger partial charge in [0.1, 0.15) is 11.8 Å². The number of carbonyl (C=O) groups is 2. The van der Waals surface area contributed by atoms with E-state index in [1.165, 1.54) is 17.0 Å². The first-order valence-corrected chi connectivity index (χ1v) is 11.3. The topological polar surface area (TPSA) is 61.9 Å². The van der Waals surface area contributed by atoms with Gasteiger partial charge in [-0.2, -0.15) is 11.8 Å². The average Bonchev–Trinajstić information content (AvgIpc) is 3.49. The first-order valence-electron chi connectivity index (χ1n) is 10.1. The quantitative estimate of drug-likeness (QED) is 0.754. The van der Waals surface area contributed by atoms with Gasteiger partial charge in [0.15, 0.2) is 11.6 Å². The van der Waals surface area contributed by atoms with Crippen molar-refractivity contribution in [3.05, 3.63) is 23.8 Å². The number of carbonyl (C=O) groups excluding carboxylic acids is 2. The third-order valence-corrected chi connectivity index (χ3v) is 6.49. The molecule has 3 fully saturated rings. The Hall–Kier alpha value is -2.03. The minimum absolute atomic E-state index is 0. The van der Waals surface area contributed by atoms with Gasteiger partial charge in [0.25, 0.3) is 0 Å². The summed E-state index contributed by atoms with van der Waals surface area (Å²) in [5.74, 6) is 0.653. The molecule has 2 saturated heterocycles. The Kier molecular flexibility index (Phi) is 6.12. The largest absolute Gasteiger partial charge is 0.444 e. The zero-order chi connectivity index (χ0) is 20.4. The molecule has 1 saturated carbocycles. The van der Waals surface area contributed by atoms with Crippen LogP contribution in [0.25, 0.3) is 0 Å². The Morgan fingerprint density at radius 3 is 2.72 bits per heavy atom. The second kappa shape index (κ2) is 8.77. The Balaban J connectivity index is 0.00000256. The second-order valence-corrected chi connectivity index (χ2v) is 8.91. The molecular weight excluding hydrogens is 400 g/mol.